The van der Waals surface area contributed by atoms with Gasteiger partial charge >= 0.3 is 0 Å². The first-order valence-corrected chi connectivity index (χ1v) is 7.72. The Morgan fingerprint density at radius 2 is 2.25 bits per heavy atom. The largest absolute Gasteiger partial charge is 0.481 e. The summed E-state index contributed by atoms with van der Waals surface area (Å²) in [5, 5.41) is 3.76. The van der Waals surface area contributed by atoms with Crippen molar-refractivity contribution in [1.82, 2.24) is 5.32 Å². The van der Waals surface area contributed by atoms with E-state index < -0.39 is 6.10 Å². The fourth-order valence-electron chi connectivity index (χ4n) is 3.52. The van der Waals surface area contributed by atoms with Crippen LogP contribution in [0.25, 0.3) is 0 Å². The van der Waals surface area contributed by atoms with Crippen molar-refractivity contribution >= 4 is 17.5 Å². The van der Waals surface area contributed by atoms with Crippen molar-refractivity contribution in [1.29, 1.82) is 0 Å². The van der Waals surface area contributed by atoms with Crippen LogP contribution in [0.1, 0.15) is 32.6 Å². The number of nitrogens with one attached hydrogen (secondary N) is 1. The van der Waals surface area contributed by atoms with Gasteiger partial charge < -0.3 is 10.1 Å². The molecule has 1 aromatic carbocycles. The molecule has 1 amide bonds. The average molecular weight is 294 g/mol. The van der Waals surface area contributed by atoms with E-state index in [0.717, 1.165) is 12.3 Å². The van der Waals surface area contributed by atoms with Crippen molar-refractivity contribution in [3.8, 4) is 5.75 Å². The van der Waals surface area contributed by atoms with Gasteiger partial charge in [0.05, 0.1) is 0 Å². The highest BCUT2D eigenvalue weighted by Crippen LogP contribution is 2.44. The van der Waals surface area contributed by atoms with Crippen LogP contribution in [0.15, 0.2) is 24.3 Å². The Hall–Kier alpha value is -1.22. The summed E-state index contributed by atoms with van der Waals surface area (Å²) in [5.74, 6) is 2.12. The van der Waals surface area contributed by atoms with Crippen LogP contribution < -0.4 is 10.1 Å². The molecule has 2 saturated carbocycles. The fourth-order valence-corrected chi connectivity index (χ4v) is 3.70. The van der Waals surface area contributed by atoms with Gasteiger partial charge in [-0.1, -0.05) is 24.1 Å². The lowest BCUT2D eigenvalue weighted by atomic mass is 9.95. The van der Waals surface area contributed by atoms with Gasteiger partial charge in [-0.05, 0) is 56.2 Å². The number of carbonyl (C=O) groups is 1. The summed E-state index contributed by atoms with van der Waals surface area (Å²) < 4.78 is 5.65. The van der Waals surface area contributed by atoms with E-state index in [-0.39, 0.29) is 5.91 Å². The summed E-state index contributed by atoms with van der Waals surface area (Å²) >= 11 is 5.91. The third-order valence-corrected chi connectivity index (χ3v) is 4.78. The quantitative estimate of drug-likeness (QED) is 0.924. The van der Waals surface area contributed by atoms with Gasteiger partial charge in [-0.3, -0.25) is 4.79 Å². The van der Waals surface area contributed by atoms with Crippen LogP contribution >= 0.6 is 11.6 Å². The first kappa shape index (κ1) is 13.7. The first-order valence-electron chi connectivity index (χ1n) is 7.34. The highest BCUT2D eigenvalue weighted by atomic mass is 35.5. The standard InChI is InChI=1S/C16H20ClNO2/c1-10(20-14-4-2-3-13(17)9-14)16(19)18-15-8-11-5-6-12(15)7-11/h2-4,9-12,15H,5-8H2,1H3,(H,18,19)/t10-,11-,12-,15-/m0/s1. The third kappa shape index (κ3) is 2.93. The smallest absolute Gasteiger partial charge is 0.261 e. The Morgan fingerprint density at radius 3 is 2.90 bits per heavy atom. The van der Waals surface area contributed by atoms with Crippen molar-refractivity contribution in [3.63, 3.8) is 0 Å². The zero-order valence-electron chi connectivity index (χ0n) is 11.6. The van der Waals surface area contributed by atoms with Crippen LogP contribution in [-0.4, -0.2) is 18.1 Å². The highest BCUT2D eigenvalue weighted by molar-refractivity contribution is 6.30. The van der Waals surface area contributed by atoms with E-state index in [1.54, 1.807) is 19.1 Å². The maximum Gasteiger partial charge on any atom is 0.261 e. The molecule has 20 heavy (non-hydrogen) atoms. The second-order valence-corrected chi connectivity index (χ2v) is 6.44. The molecular weight excluding hydrogens is 274 g/mol. The SMILES string of the molecule is C[C@H](Oc1cccc(Cl)c1)C(=O)N[C@H]1C[C@H]2CC[C@H]1C2. The van der Waals surface area contributed by atoms with E-state index in [0.29, 0.717) is 22.7 Å². The van der Waals surface area contributed by atoms with Gasteiger partial charge in [0.15, 0.2) is 6.10 Å². The van der Waals surface area contributed by atoms with Crippen molar-refractivity contribution in [2.45, 2.75) is 44.8 Å². The van der Waals surface area contributed by atoms with Crippen LogP contribution in [0.4, 0.5) is 0 Å². The lowest BCUT2D eigenvalue weighted by molar-refractivity contribution is -0.128. The summed E-state index contributed by atoms with van der Waals surface area (Å²) in [6.45, 7) is 1.78. The molecule has 0 heterocycles. The molecule has 4 atom stereocenters. The van der Waals surface area contributed by atoms with Crippen LogP contribution in [-0.2, 0) is 4.79 Å². The number of hydrogen-bond donors (Lipinski definition) is 1. The monoisotopic (exact) mass is 293 g/mol. The summed E-state index contributed by atoms with van der Waals surface area (Å²) in [4.78, 5) is 12.2. The normalized spacial score (nSPS) is 29.2. The van der Waals surface area contributed by atoms with Crippen LogP contribution in [0.2, 0.25) is 5.02 Å². The second-order valence-electron chi connectivity index (χ2n) is 6.01. The Morgan fingerprint density at radius 1 is 1.40 bits per heavy atom. The number of amides is 1. The molecule has 0 aliphatic heterocycles. The predicted octanol–water partition coefficient (Wildman–Crippen LogP) is 3.41. The van der Waals surface area contributed by atoms with Crippen LogP contribution in [0, 0.1) is 11.8 Å². The fraction of sp³-hybridized carbons (Fsp3) is 0.562. The molecule has 0 unspecified atom stereocenters. The summed E-state index contributed by atoms with van der Waals surface area (Å²) in [5.41, 5.74) is 0. The lowest BCUT2D eigenvalue weighted by Crippen LogP contribution is -2.44. The summed E-state index contributed by atoms with van der Waals surface area (Å²) in [7, 11) is 0. The van der Waals surface area contributed by atoms with E-state index in [2.05, 4.69) is 5.32 Å². The predicted molar refractivity (Wildman–Crippen MR) is 78.9 cm³/mol. The summed E-state index contributed by atoms with van der Waals surface area (Å²) in [6.07, 6.45) is 4.53. The average Bonchev–Trinajstić information content (AvgIpc) is 3.01. The minimum atomic E-state index is -0.493. The summed E-state index contributed by atoms with van der Waals surface area (Å²) in [6, 6.07) is 7.49. The van der Waals surface area contributed by atoms with E-state index in [9.17, 15) is 4.79 Å². The Bertz CT molecular complexity index is 505. The maximum atomic E-state index is 12.2. The number of benzene rings is 1. The van der Waals surface area contributed by atoms with Crippen LogP contribution in [0.3, 0.4) is 0 Å². The van der Waals surface area contributed by atoms with E-state index >= 15 is 0 Å². The van der Waals surface area contributed by atoms with Gasteiger partial charge in [-0.25, -0.2) is 0 Å². The minimum absolute atomic E-state index is 0.0254. The molecule has 108 valence electrons. The molecule has 0 radical (unpaired) electrons. The topological polar surface area (TPSA) is 38.3 Å². The van der Waals surface area contributed by atoms with E-state index in [1.807, 2.05) is 12.1 Å². The van der Waals surface area contributed by atoms with Gasteiger partial charge in [0.2, 0.25) is 0 Å². The van der Waals surface area contributed by atoms with Gasteiger partial charge in [0, 0.05) is 11.1 Å². The third-order valence-electron chi connectivity index (χ3n) is 4.54. The van der Waals surface area contributed by atoms with Crippen molar-refractivity contribution < 1.29 is 9.53 Å². The van der Waals surface area contributed by atoms with E-state index in [1.165, 1.54) is 19.3 Å². The molecule has 3 rings (SSSR count). The zero-order valence-corrected chi connectivity index (χ0v) is 12.4. The molecule has 1 N–H and O–H groups in total. The molecular formula is C16H20ClNO2. The molecule has 2 aliphatic carbocycles. The lowest BCUT2D eigenvalue weighted by Gasteiger charge is -2.24. The van der Waals surface area contributed by atoms with Gasteiger partial charge in [-0.2, -0.15) is 0 Å². The van der Waals surface area contributed by atoms with Gasteiger partial charge in [0.1, 0.15) is 5.75 Å². The molecule has 0 aromatic heterocycles. The Balaban J connectivity index is 1.54. The number of rotatable bonds is 4. The van der Waals surface area contributed by atoms with Crippen molar-refractivity contribution in [3.05, 3.63) is 29.3 Å². The second kappa shape index (κ2) is 5.65. The van der Waals surface area contributed by atoms with Crippen molar-refractivity contribution in [2.75, 3.05) is 0 Å². The molecule has 2 bridgehead atoms. The number of ether oxygens (including phenoxy) is 1. The van der Waals surface area contributed by atoms with E-state index in [4.69, 9.17) is 16.3 Å². The number of halogens is 1. The molecule has 2 aliphatic rings. The molecule has 4 heteroatoms. The molecule has 3 nitrogen and oxygen atoms in total. The highest BCUT2D eigenvalue weighted by Gasteiger charge is 2.40. The minimum Gasteiger partial charge on any atom is -0.481 e. The molecule has 0 spiro atoms. The first-order chi connectivity index (χ1) is 9.61. The zero-order chi connectivity index (χ0) is 14.1. The molecule has 1 aromatic rings. The van der Waals surface area contributed by atoms with Gasteiger partial charge in [-0.15, -0.1) is 0 Å². The Labute approximate surface area is 124 Å². The molecule has 0 saturated heterocycles. The van der Waals surface area contributed by atoms with Gasteiger partial charge in [0.25, 0.3) is 5.91 Å². The van der Waals surface area contributed by atoms with Crippen molar-refractivity contribution in [2.24, 2.45) is 11.8 Å². The maximum absolute atomic E-state index is 12.2. The van der Waals surface area contributed by atoms with Crippen LogP contribution in [0.5, 0.6) is 5.75 Å². The Kier molecular flexibility index (Phi) is 3.88. The number of fused-ring (bicyclic) bond motifs is 2. The number of hydrogen-bond acceptors (Lipinski definition) is 2. The molecule has 2 fully saturated rings. The number of carbonyl (C=O) groups excluding carboxylic acids is 1.